The molecule has 2 fully saturated rings. The van der Waals surface area contributed by atoms with Crippen molar-refractivity contribution in [3.05, 3.63) is 28.7 Å². The number of carbonyl (C=O) groups excluding carboxylic acids is 1. The Balaban J connectivity index is 0.00000147. The smallest absolute Gasteiger partial charge is 0.224 e. The molecule has 0 aromatic heterocycles. The Morgan fingerprint density at radius 1 is 1.30 bits per heavy atom. The zero-order valence-electron chi connectivity index (χ0n) is 11.3. The van der Waals surface area contributed by atoms with Gasteiger partial charge in [0.25, 0.3) is 0 Å². The molecule has 0 spiro atoms. The highest BCUT2D eigenvalue weighted by molar-refractivity contribution is 9.10. The minimum Gasteiger partial charge on any atom is -0.326 e. The average Bonchev–Trinajstić information content (AvgIpc) is 2.68. The molecule has 0 aliphatic carbocycles. The van der Waals surface area contributed by atoms with Crippen LogP contribution in [0.4, 0.5) is 5.69 Å². The van der Waals surface area contributed by atoms with Gasteiger partial charge in [-0.05, 0) is 49.8 Å². The van der Waals surface area contributed by atoms with E-state index in [4.69, 9.17) is 0 Å². The number of piperidine rings is 1. The summed E-state index contributed by atoms with van der Waals surface area (Å²) in [5.41, 5.74) is 0.872. The van der Waals surface area contributed by atoms with Crippen LogP contribution in [0, 0.1) is 5.92 Å². The number of rotatable bonds is 3. The van der Waals surface area contributed by atoms with E-state index in [1.54, 1.807) is 0 Å². The molecule has 2 aliphatic heterocycles. The summed E-state index contributed by atoms with van der Waals surface area (Å²) in [6, 6.07) is 9.06. The molecule has 2 saturated heterocycles. The van der Waals surface area contributed by atoms with Gasteiger partial charge in [-0.3, -0.25) is 4.79 Å². The molecule has 2 unspecified atom stereocenters. The van der Waals surface area contributed by atoms with Crippen LogP contribution in [-0.4, -0.2) is 18.0 Å². The minimum absolute atomic E-state index is 0. The van der Waals surface area contributed by atoms with Crippen LogP contribution in [-0.2, 0) is 4.79 Å². The lowest BCUT2D eigenvalue weighted by molar-refractivity contribution is -0.117. The maximum Gasteiger partial charge on any atom is 0.224 e. The maximum absolute atomic E-state index is 12.1. The lowest BCUT2D eigenvalue weighted by atomic mass is 9.89. The number of hydrogen-bond acceptors (Lipinski definition) is 2. The van der Waals surface area contributed by atoms with E-state index in [1.807, 2.05) is 24.3 Å². The first-order valence-corrected chi connectivity index (χ1v) is 7.80. The predicted octanol–water partition coefficient (Wildman–Crippen LogP) is 3.73. The van der Waals surface area contributed by atoms with Crippen LogP contribution >= 0.6 is 28.3 Å². The molecule has 1 aromatic carbocycles. The number of carbonyl (C=O) groups is 1. The van der Waals surface area contributed by atoms with Crippen LogP contribution in [0.2, 0.25) is 0 Å². The second-order valence-corrected chi connectivity index (χ2v) is 6.65. The number of anilines is 1. The van der Waals surface area contributed by atoms with Gasteiger partial charge >= 0.3 is 0 Å². The second kappa shape index (κ2) is 6.92. The molecule has 2 N–H and O–H groups in total. The van der Waals surface area contributed by atoms with Crippen LogP contribution < -0.4 is 10.6 Å². The van der Waals surface area contributed by atoms with Crippen LogP contribution in [0.5, 0.6) is 0 Å². The molecule has 1 aromatic rings. The van der Waals surface area contributed by atoms with Gasteiger partial charge in [0, 0.05) is 28.7 Å². The Morgan fingerprint density at radius 3 is 2.65 bits per heavy atom. The van der Waals surface area contributed by atoms with Gasteiger partial charge in [-0.15, -0.1) is 12.4 Å². The van der Waals surface area contributed by atoms with E-state index in [0.717, 1.165) is 23.0 Å². The van der Waals surface area contributed by atoms with Crippen molar-refractivity contribution in [2.24, 2.45) is 5.92 Å². The number of halogens is 2. The molecule has 2 atom stereocenters. The summed E-state index contributed by atoms with van der Waals surface area (Å²) in [5.74, 6) is 0.690. The molecule has 0 saturated carbocycles. The van der Waals surface area contributed by atoms with Crippen molar-refractivity contribution in [3.8, 4) is 0 Å². The van der Waals surface area contributed by atoms with E-state index >= 15 is 0 Å². The Kier molecular flexibility index (Phi) is 5.47. The molecule has 110 valence electrons. The van der Waals surface area contributed by atoms with Gasteiger partial charge in [0.2, 0.25) is 5.91 Å². The van der Waals surface area contributed by atoms with Crippen LogP contribution in [0.15, 0.2) is 28.7 Å². The van der Waals surface area contributed by atoms with Gasteiger partial charge in [-0.1, -0.05) is 22.0 Å². The van der Waals surface area contributed by atoms with Crippen molar-refractivity contribution in [3.63, 3.8) is 0 Å². The first-order chi connectivity index (χ1) is 9.19. The third-order valence-corrected chi connectivity index (χ3v) is 4.65. The topological polar surface area (TPSA) is 41.1 Å². The van der Waals surface area contributed by atoms with Crippen molar-refractivity contribution in [2.75, 3.05) is 5.32 Å². The van der Waals surface area contributed by atoms with Gasteiger partial charge in [-0.25, -0.2) is 0 Å². The van der Waals surface area contributed by atoms with Gasteiger partial charge in [0.05, 0.1) is 0 Å². The summed E-state index contributed by atoms with van der Waals surface area (Å²) in [6.45, 7) is 0. The highest BCUT2D eigenvalue weighted by Gasteiger charge is 2.34. The van der Waals surface area contributed by atoms with E-state index in [1.165, 1.54) is 12.8 Å². The number of benzene rings is 1. The number of hydrogen-bond donors (Lipinski definition) is 2. The van der Waals surface area contributed by atoms with Gasteiger partial charge in [0.15, 0.2) is 0 Å². The minimum atomic E-state index is 0. The molecule has 3 rings (SSSR count). The van der Waals surface area contributed by atoms with E-state index in [0.29, 0.717) is 24.4 Å². The summed E-state index contributed by atoms with van der Waals surface area (Å²) in [7, 11) is 0. The summed E-state index contributed by atoms with van der Waals surface area (Å²) < 4.78 is 0.991. The van der Waals surface area contributed by atoms with E-state index < -0.39 is 0 Å². The summed E-state index contributed by atoms with van der Waals surface area (Å²) in [4.78, 5) is 12.1. The molecule has 2 bridgehead atoms. The fourth-order valence-electron chi connectivity index (χ4n) is 3.38. The molecule has 20 heavy (non-hydrogen) atoms. The number of fused-ring (bicyclic) bond motifs is 2. The normalized spacial score (nSPS) is 27.8. The molecule has 2 heterocycles. The van der Waals surface area contributed by atoms with E-state index in [-0.39, 0.29) is 18.3 Å². The number of nitrogens with one attached hydrogen (secondary N) is 2. The number of amides is 1. The fraction of sp³-hybridized carbons (Fsp3) is 0.533. The zero-order valence-corrected chi connectivity index (χ0v) is 13.7. The maximum atomic E-state index is 12.1. The van der Waals surface area contributed by atoms with Gasteiger partial charge in [-0.2, -0.15) is 0 Å². The van der Waals surface area contributed by atoms with Crippen molar-refractivity contribution in [1.29, 1.82) is 0 Å². The van der Waals surface area contributed by atoms with Gasteiger partial charge < -0.3 is 10.6 Å². The van der Waals surface area contributed by atoms with Crippen molar-refractivity contribution in [2.45, 2.75) is 44.2 Å². The first-order valence-electron chi connectivity index (χ1n) is 7.00. The Bertz CT molecular complexity index is 471. The molecule has 2 aliphatic rings. The predicted molar refractivity (Wildman–Crippen MR) is 87.3 cm³/mol. The van der Waals surface area contributed by atoms with Crippen molar-refractivity contribution < 1.29 is 4.79 Å². The lowest BCUT2D eigenvalue weighted by Gasteiger charge is -2.28. The van der Waals surface area contributed by atoms with E-state index in [9.17, 15) is 4.79 Å². The SMILES string of the molecule is Cl.O=C(CC1CC2CCC(C1)N2)Nc1cccc(Br)c1. The largest absolute Gasteiger partial charge is 0.326 e. The fourth-order valence-corrected chi connectivity index (χ4v) is 3.78. The van der Waals surface area contributed by atoms with Crippen molar-refractivity contribution >= 4 is 39.9 Å². The third-order valence-electron chi connectivity index (χ3n) is 4.15. The van der Waals surface area contributed by atoms with Crippen LogP contribution in [0.1, 0.15) is 32.1 Å². The van der Waals surface area contributed by atoms with E-state index in [2.05, 4.69) is 26.6 Å². The molecule has 0 radical (unpaired) electrons. The molecular formula is C15H20BrClN2O. The highest BCUT2D eigenvalue weighted by Crippen LogP contribution is 2.32. The third kappa shape index (κ3) is 3.96. The Labute approximate surface area is 134 Å². The van der Waals surface area contributed by atoms with Crippen LogP contribution in [0.3, 0.4) is 0 Å². The lowest BCUT2D eigenvalue weighted by Crippen LogP contribution is -2.39. The molecule has 1 amide bonds. The summed E-state index contributed by atoms with van der Waals surface area (Å²) in [5, 5.41) is 6.60. The zero-order chi connectivity index (χ0) is 13.2. The standard InChI is InChI=1S/C15H19BrN2O.ClH/c16-11-2-1-3-12(9-11)18-15(19)8-10-6-13-4-5-14(7-10)17-13;/h1-3,9-10,13-14,17H,4-8H2,(H,18,19);1H. The summed E-state index contributed by atoms with van der Waals surface area (Å²) >= 11 is 3.42. The van der Waals surface area contributed by atoms with Crippen molar-refractivity contribution in [1.82, 2.24) is 5.32 Å². The Hall–Kier alpha value is -0.580. The summed E-state index contributed by atoms with van der Waals surface area (Å²) in [6.07, 6.45) is 5.54. The molecular weight excluding hydrogens is 340 g/mol. The first kappa shape index (κ1) is 15.8. The van der Waals surface area contributed by atoms with Crippen LogP contribution in [0.25, 0.3) is 0 Å². The quantitative estimate of drug-likeness (QED) is 0.863. The highest BCUT2D eigenvalue weighted by atomic mass is 79.9. The average molecular weight is 360 g/mol. The molecule has 5 heteroatoms. The van der Waals surface area contributed by atoms with Gasteiger partial charge in [0.1, 0.15) is 0 Å². The molecule has 3 nitrogen and oxygen atoms in total. The monoisotopic (exact) mass is 358 g/mol. The Morgan fingerprint density at radius 2 is 2.00 bits per heavy atom. The second-order valence-electron chi connectivity index (χ2n) is 5.74.